The lowest BCUT2D eigenvalue weighted by Crippen LogP contribution is -2.37. The van der Waals surface area contributed by atoms with Crippen molar-refractivity contribution in [3.8, 4) is 11.5 Å². The third-order valence-corrected chi connectivity index (χ3v) is 5.51. The molecule has 0 fully saturated rings. The second-order valence-electron chi connectivity index (χ2n) is 7.79. The van der Waals surface area contributed by atoms with Crippen LogP contribution in [0.1, 0.15) is 70.4 Å². The van der Waals surface area contributed by atoms with Crippen LogP contribution in [-0.2, 0) is 11.2 Å². The summed E-state index contributed by atoms with van der Waals surface area (Å²) in [7, 11) is 0. The number of ether oxygens (including phenoxy) is 1. The van der Waals surface area contributed by atoms with Crippen molar-refractivity contribution in [2.75, 3.05) is 0 Å². The van der Waals surface area contributed by atoms with Crippen molar-refractivity contribution in [1.29, 1.82) is 0 Å². The molecule has 0 aromatic heterocycles. The first-order valence-corrected chi connectivity index (χ1v) is 9.34. The maximum atomic E-state index is 11.5. The molecule has 3 rings (SSSR count). The summed E-state index contributed by atoms with van der Waals surface area (Å²) >= 11 is 0. The number of hydrogen-bond donors (Lipinski definition) is 2. The fourth-order valence-electron chi connectivity index (χ4n) is 4.17. The quantitative estimate of drug-likeness (QED) is 0.743. The van der Waals surface area contributed by atoms with Gasteiger partial charge in [0.05, 0.1) is 11.5 Å². The van der Waals surface area contributed by atoms with Gasteiger partial charge >= 0.3 is 5.97 Å². The van der Waals surface area contributed by atoms with E-state index in [0.717, 1.165) is 36.0 Å². The first-order valence-electron chi connectivity index (χ1n) is 9.34. The van der Waals surface area contributed by atoms with Crippen molar-refractivity contribution in [2.24, 2.45) is 5.92 Å². The Bertz CT molecular complexity index is 715. The molecule has 1 heterocycles. The van der Waals surface area contributed by atoms with E-state index in [1.165, 1.54) is 6.42 Å². The number of benzene rings is 1. The smallest absolute Gasteiger partial charge is 0.306 e. The normalized spacial score (nSPS) is 21.3. The molecule has 4 nitrogen and oxygen atoms in total. The zero-order chi connectivity index (χ0) is 18.2. The monoisotopic (exact) mass is 344 g/mol. The molecular weight excluding hydrogens is 316 g/mol. The number of allylic oxidation sites excluding steroid dienone is 1. The minimum Gasteiger partial charge on any atom is -0.507 e. The number of fused-ring (bicyclic) bond motifs is 2. The average molecular weight is 344 g/mol. The molecule has 1 aliphatic carbocycles. The Morgan fingerprint density at radius 1 is 1.32 bits per heavy atom. The Morgan fingerprint density at radius 2 is 2.08 bits per heavy atom. The Hall–Kier alpha value is -1.97. The maximum absolute atomic E-state index is 11.5. The number of aryl methyl sites for hydroxylation is 1. The van der Waals surface area contributed by atoms with Gasteiger partial charge in [-0.25, -0.2) is 0 Å². The molecule has 1 atom stereocenters. The summed E-state index contributed by atoms with van der Waals surface area (Å²) in [6, 6.07) is 3.85. The SMILES string of the molecule is CCCCCc1cc(O)c2c(c1)OC(C)(C)C1=C2CC(C(=O)O)CC1. The molecule has 0 saturated carbocycles. The van der Waals surface area contributed by atoms with Gasteiger partial charge in [0.15, 0.2) is 0 Å². The van der Waals surface area contributed by atoms with Crippen LogP contribution in [0.5, 0.6) is 11.5 Å². The van der Waals surface area contributed by atoms with Gasteiger partial charge in [-0.05, 0) is 74.8 Å². The van der Waals surface area contributed by atoms with Gasteiger partial charge in [0, 0.05) is 0 Å². The molecule has 1 unspecified atom stereocenters. The molecule has 4 heteroatoms. The third kappa shape index (κ3) is 3.39. The second-order valence-corrected chi connectivity index (χ2v) is 7.79. The number of aliphatic carboxylic acids is 1. The molecule has 0 spiro atoms. The lowest BCUT2D eigenvalue weighted by Gasteiger charge is -2.41. The predicted molar refractivity (Wildman–Crippen MR) is 97.9 cm³/mol. The van der Waals surface area contributed by atoms with Crippen molar-refractivity contribution in [3.05, 3.63) is 28.8 Å². The number of carboxylic acids is 1. The van der Waals surface area contributed by atoms with Gasteiger partial charge in [-0.2, -0.15) is 0 Å². The molecule has 0 radical (unpaired) electrons. The first-order chi connectivity index (χ1) is 11.8. The van der Waals surface area contributed by atoms with Crippen LogP contribution in [0.3, 0.4) is 0 Å². The molecule has 1 aliphatic heterocycles. The van der Waals surface area contributed by atoms with Crippen molar-refractivity contribution in [2.45, 2.75) is 71.3 Å². The largest absolute Gasteiger partial charge is 0.507 e. The highest BCUT2D eigenvalue weighted by Crippen LogP contribution is 2.51. The average Bonchev–Trinajstić information content (AvgIpc) is 2.53. The number of carboxylic acid groups (broad SMARTS) is 1. The number of hydrogen-bond acceptors (Lipinski definition) is 3. The van der Waals surface area contributed by atoms with Gasteiger partial charge in [0.1, 0.15) is 17.1 Å². The van der Waals surface area contributed by atoms with Gasteiger partial charge < -0.3 is 14.9 Å². The number of aromatic hydroxyl groups is 1. The molecule has 0 saturated heterocycles. The highest BCUT2D eigenvalue weighted by molar-refractivity contribution is 5.84. The number of rotatable bonds is 5. The summed E-state index contributed by atoms with van der Waals surface area (Å²) in [6.07, 6.45) is 6.14. The highest BCUT2D eigenvalue weighted by Gasteiger charge is 2.40. The van der Waals surface area contributed by atoms with Crippen LogP contribution in [0.25, 0.3) is 5.57 Å². The van der Waals surface area contributed by atoms with Gasteiger partial charge in [0.25, 0.3) is 0 Å². The van der Waals surface area contributed by atoms with E-state index in [0.29, 0.717) is 30.6 Å². The van der Waals surface area contributed by atoms with Crippen molar-refractivity contribution >= 4 is 11.5 Å². The first kappa shape index (κ1) is 17.8. The topological polar surface area (TPSA) is 66.8 Å². The van der Waals surface area contributed by atoms with E-state index in [2.05, 4.69) is 6.92 Å². The van der Waals surface area contributed by atoms with Crippen molar-refractivity contribution in [1.82, 2.24) is 0 Å². The second kappa shape index (κ2) is 6.74. The lowest BCUT2D eigenvalue weighted by molar-refractivity contribution is -0.141. The zero-order valence-corrected chi connectivity index (χ0v) is 15.4. The summed E-state index contributed by atoms with van der Waals surface area (Å²) in [5.74, 6) is -0.225. The molecule has 1 aromatic carbocycles. The van der Waals surface area contributed by atoms with Crippen LogP contribution in [-0.4, -0.2) is 21.8 Å². The van der Waals surface area contributed by atoms with Crippen LogP contribution in [0.4, 0.5) is 0 Å². The Balaban J connectivity index is 2.01. The Labute approximate surface area is 149 Å². The molecule has 0 bridgehead atoms. The fraction of sp³-hybridized carbons (Fsp3) is 0.571. The Morgan fingerprint density at radius 3 is 2.76 bits per heavy atom. The minimum absolute atomic E-state index is 0.220. The van der Waals surface area contributed by atoms with Crippen molar-refractivity contribution < 1.29 is 19.7 Å². The number of phenolic OH excluding ortho intramolecular Hbond substituents is 1. The minimum atomic E-state index is -0.756. The van der Waals surface area contributed by atoms with E-state index in [-0.39, 0.29) is 11.7 Å². The zero-order valence-electron chi connectivity index (χ0n) is 15.4. The summed E-state index contributed by atoms with van der Waals surface area (Å²) in [6.45, 7) is 6.24. The van der Waals surface area contributed by atoms with Crippen LogP contribution in [0.2, 0.25) is 0 Å². The maximum Gasteiger partial charge on any atom is 0.306 e. The summed E-state index contributed by atoms with van der Waals surface area (Å²) in [4.78, 5) is 11.5. The fourth-order valence-corrected chi connectivity index (χ4v) is 4.17. The highest BCUT2D eigenvalue weighted by atomic mass is 16.5. The van der Waals surface area contributed by atoms with Gasteiger partial charge in [0.2, 0.25) is 0 Å². The molecule has 0 amide bonds. The summed E-state index contributed by atoms with van der Waals surface area (Å²) in [5.41, 5.74) is 3.43. The lowest BCUT2D eigenvalue weighted by atomic mass is 9.74. The van der Waals surface area contributed by atoms with Crippen LogP contribution < -0.4 is 4.74 Å². The predicted octanol–water partition coefficient (Wildman–Crippen LogP) is 4.93. The number of unbranched alkanes of at least 4 members (excludes halogenated alkanes) is 2. The Kier molecular flexibility index (Phi) is 4.81. The summed E-state index contributed by atoms with van der Waals surface area (Å²) < 4.78 is 6.25. The molecule has 1 aromatic rings. The third-order valence-electron chi connectivity index (χ3n) is 5.51. The number of carbonyl (C=O) groups is 1. The molecule has 136 valence electrons. The molecular formula is C21H28O4. The van der Waals surface area contributed by atoms with E-state index >= 15 is 0 Å². The summed E-state index contributed by atoms with van der Waals surface area (Å²) in [5, 5.41) is 20.1. The van der Waals surface area contributed by atoms with Crippen molar-refractivity contribution in [3.63, 3.8) is 0 Å². The van der Waals surface area contributed by atoms with E-state index in [9.17, 15) is 15.0 Å². The van der Waals surface area contributed by atoms with Crippen LogP contribution >= 0.6 is 0 Å². The van der Waals surface area contributed by atoms with E-state index in [1.807, 2.05) is 26.0 Å². The van der Waals surface area contributed by atoms with Crippen LogP contribution in [0, 0.1) is 5.92 Å². The molecule has 2 aliphatic rings. The van der Waals surface area contributed by atoms with Gasteiger partial charge in [-0.1, -0.05) is 19.8 Å². The molecule has 25 heavy (non-hydrogen) atoms. The van der Waals surface area contributed by atoms with E-state index in [1.54, 1.807) is 0 Å². The number of phenols is 1. The van der Waals surface area contributed by atoms with E-state index in [4.69, 9.17) is 4.74 Å². The van der Waals surface area contributed by atoms with Crippen LogP contribution in [0.15, 0.2) is 17.7 Å². The molecule has 2 N–H and O–H groups in total. The standard InChI is InChI=1S/C21H28O4/c1-4-5-6-7-13-10-17(22)19-15-12-14(20(23)24)8-9-16(15)21(2,3)25-18(19)11-13/h10-11,14,22H,4-9,12H2,1-3H3,(H,23,24). The van der Waals surface area contributed by atoms with Gasteiger partial charge in [-0.15, -0.1) is 0 Å². The van der Waals surface area contributed by atoms with Gasteiger partial charge in [-0.3, -0.25) is 4.79 Å². The van der Waals surface area contributed by atoms with E-state index < -0.39 is 11.6 Å².